The molecule has 1 aromatic carbocycles. The van der Waals surface area contributed by atoms with Crippen LogP contribution in [-0.2, 0) is 12.8 Å². The number of aromatic nitrogens is 3. The van der Waals surface area contributed by atoms with Crippen molar-refractivity contribution in [3.05, 3.63) is 53.9 Å². The third-order valence-corrected chi connectivity index (χ3v) is 3.31. The number of rotatable bonds is 6. The van der Waals surface area contributed by atoms with Crippen LogP contribution in [0.2, 0.25) is 0 Å². The van der Waals surface area contributed by atoms with Gasteiger partial charge in [-0.3, -0.25) is 4.79 Å². The Bertz CT molecular complexity index is 779. The Hall–Kier alpha value is -2.96. The molecule has 1 amide bonds. The molecule has 0 spiro atoms. The van der Waals surface area contributed by atoms with Crippen LogP contribution in [-0.4, -0.2) is 27.7 Å². The number of aryl methyl sites for hydroxylation is 1. The Morgan fingerprint density at radius 1 is 1.22 bits per heavy atom. The number of hydrogen-bond donors (Lipinski definition) is 1. The fourth-order valence-electron chi connectivity index (χ4n) is 2.12. The maximum Gasteiger partial charge on any atom is 0.256 e. The molecule has 0 fully saturated rings. The zero-order chi connectivity index (χ0) is 16.1. The molecule has 0 aliphatic carbocycles. The second kappa shape index (κ2) is 6.87. The molecular formula is C16H16N4O3. The lowest BCUT2D eigenvalue weighted by Gasteiger charge is -2.03. The van der Waals surface area contributed by atoms with Crippen LogP contribution in [0.1, 0.15) is 29.0 Å². The summed E-state index contributed by atoms with van der Waals surface area (Å²) in [6.07, 6.45) is 2.54. The van der Waals surface area contributed by atoms with Gasteiger partial charge in [0.2, 0.25) is 5.89 Å². The molecule has 3 aromatic rings. The molecule has 0 unspecified atom stereocenters. The minimum atomic E-state index is -0.246. The quantitative estimate of drug-likeness (QED) is 0.750. The second-order valence-corrected chi connectivity index (χ2v) is 4.91. The Morgan fingerprint density at radius 3 is 2.78 bits per heavy atom. The number of benzene rings is 1. The van der Waals surface area contributed by atoms with E-state index in [2.05, 4.69) is 20.6 Å². The highest BCUT2D eigenvalue weighted by atomic mass is 16.5. The average molecular weight is 312 g/mol. The van der Waals surface area contributed by atoms with Gasteiger partial charge in [-0.05, 0) is 0 Å². The van der Waals surface area contributed by atoms with Gasteiger partial charge in [-0.15, -0.1) is 0 Å². The van der Waals surface area contributed by atoms with E-state index in [9.17, 15) is 4.79 Å². The van der Waals surface area contributed by atoms with Gasteiger partial charge in [-0.1, -0.05) is 47.6 Å². The van der Waals surface area contributed by atoms with E-state index >= 15 is 0 Å². The van der Waals surface area contributed by atoms with Crippen molar-refractivity contribution in [2.75, 3.05) is 6.54 Å². The predicted molar refractivity (Wildman–Crippen MR) is 81.7 cm³/mol. The summed E-state index contributed by atoms with van der Waals surface area (Å²) >= 11 is 0. The molecule has 0 aliphatic rings. The van der Waals surface area contributed by atoms with Gasteiger partial charge in [0.1, 0.15) is 17.5 Å². The van der Waals surface area contributed by atoms with E-state index in [1.54, 1.807) is 0 Å². The highest BCUT2D eigenvalue weighted by molar-refractivity contribution is 5.99. The summed E-state index contributed by atoms with van der Waals surface area (Å²) in [5.74, 6) is 0.928. The Labute approximate surface area is 132 Å². The normalized spacial score (nSPS) is 10.7. The number of carbonyl (C=O) groups excluding carboxylic acids is 1. The van der Waals surface area contributed by atoms with E-state index in [0.29, 0.717) is 42.4 Å². The first kappa shape index (κ1) is 15.0. The van der Waals surface area contributed by atoms with Crippen LogP contribution < -0.4 is 5.32 Å². The van der Waals surface area contributed by atoms with Crippen molar-refractivity contribution in [3.8, 4) is 11.3 Å². The van der Waals surface area contributed by atoms with Gasteiger partial charge in [-0.25, -0.2) is 0 Å². The molecule has 7 nitrogen and oxygen atoms in total. The molecule has 0 saturated carbocycles. The lowest BCUT2D eigenvalue weighted by Crippen LogP contribution is -2.26. The van der Waals surface area contributed by atoms with Crippen LogP contribution >= 0.6 is 0 Å². The number of amides is 1. The van der Waals surface area contributed by atoms with Gasteiger partial charge >= 0.3 is 0 Å². The number of hydrogen-bond acceptors (Lipinski definition) is 6. The molecule has 0 saturated heterocycles. The summed E-state index contributed by atoms with van der Waals surface area (Å²) in [5.41, 5.74) is 1.76. The molecule has 118 valence electrons. The van der Waals surface area contributed by atoms with Gasteiger partial charge in [-0.2, -0.15) is 4.98 Å². The summed E-state index contributed by atoms with van der Waals surface area (Å²) < 4.78 is 9.97. The third kappa shape index (κ3) is 3.45. The fourth-order valence-corrected chi connectivity index (χ4v) is 2.12. The minimum absolute atomic E-state index is 0.246. The maximum absolute atomic E-state index is 12.3. The van der Waals surface area contributed by atoms with Crippen molar-refractivity contribution in [2.45, 2.75) is 19.8 Å². The van der Waals surface area contributed by atoms with Crippen LogP contribution in [0.15, 0.2) is 45.6 Å². The van der Waals surface area contributed by atoms with Crippen molar-refractivity contribution >= 4 is 5.91 Å². The van der Waals surface area contributed by atoms with E-state index in [1.165, 1.54) is 6.26 Å². The topological polar surface area (TPSA) is 94.1 Å². The summed E-state index contributed by atoms with van der Waals surface area (Å²) in [5, 5.41) is 10.6. The molecule has 7 heteroatoms. The SMILES string of the molecule is CCc1nc(CCNC(=O)c2conc2-c2ccccc2)no1. The lowest BCUT2D eigenvalue weighted by atomic mass is 10.1. The molecule has 1 N–H and O–H groups in total. The van der Waals surface area contributed by atoms with Crippen LogP contribution in [0, 0.1) is 0 Å². The van der Waals surface area contributed by atoms with Crippen LogP contribution in [0.25, 0.3) is 11.3 Å². The lowest BCUT2D eigenvalue weighted by molar-refractivity contribution is 0.0954. The standard InChI is InChI=1S/C16H16N4O3/c1-2-14-18-13(19-23-14)8-9-17-16(21)12-10-22-20-15(12)11-6-4-3-5-7-11/h3-7,10H,2,8-9H2,1H3,(H,17,21). The zero-order valence-electron chi connectivity index (χ0n) is 12.7. The van der Waals surface area contributed by atoms with Gasteiger partial charge in [0, 0.05) is 24.9 Å². The van der Waals surface area contributed by atoms with Crippen LogP contribution in [0.3, 0.4) is 0 Å². The van der Waals surface area contributed by atoms with Crippen LogP contribution in [0.4, 0.5) is 0 Å². The Kier molecular flexibility index (Phi) is 4.46. The van der Waals surface area contributed by atoms with Gasteiger partial charge in [0.25, 0.3) is 5.91 Å². The number of carbonyl (C=O) groups is 1. The molecule has 2 heterocycles. The Morgan fingerprint density at radius 2 is 2.04 bits per heavy atom. The fraction of sp³-hybridized carbons (Fsp3) is 0.250. The van der Waals surface area contributed by atoms with Crippen molar-refractivity contribution < 1.29 is 13.8 Å². The van der Waals surface area contributed by atoms with Gasteiger partial charge < -0.3 is 14.4 Å². The number of nitrogens with zero attached hydrogens (tertiary/aromatic N) is 3. The molecule has 0 radical (unpaired) electrons. The van der Waals surface area contributed by atoms with Gasteiger partial charge in [0.15, 0.2) is 5.82 Å². The first-order chi connectivity index (χ1) is 11.3. The van der Waals surface area contributed by atoms with Gasteiger partial charge in [0.05, 0.1) is 0 Å². The third-order valence-electron chi connectivity index (χ3n) is 3.31. The number of nitrogens with one attached hydrogen (secondary N) is 1. The molecule has 0 bridgehead atoms. The van der Waals surface area contributed by atoms with E-state index in [-0.39, 0.29) is 5.91 Å². The first-order valence-corrected chi connectivity index (χ1v) is 7.37. The van der Waals surface area contributed by atoms with Crippen molar-refractivity contribution in [3.63, 3.8) is 0 Å². The molecule has 2 aromatic heterocycles. The molecule has 0 aliphatic heterocycles. The second-order valence-electron chi connectivity index (χ2n) is 4.91. The molecule has 0 atom stereocenters. The minimum Gasteiger partial charge on any atom is -0.363 e. The highest BCUT2D eigenvalue weighted by Gasteiger charge is 2.17. The van der Waals surface area contributed by atoms with E-state index in [0.717, 1.165) is 5.56 Å². The largest absolute Gasteiger partial charge is 0.363 e. The first-order valence-electron chi connectivity index (χ1n) is 7.37. The van der Waals surface area contributed by atoms with Crippen LogP contribution in [0.5, 0.6) is 0 Å². The summed E-state index contributed by atoms with van der Waals surface area (Å²) in [6.45, 7) is 2.34. The van der Waals surface area contributed by atoms with E-state index < -0.39 is 0 Å². The molecular weight excluding hydrogens is 296 g/mol. The monoisotopic (exact) mass is 312 g/mol. The van der Waals surface area contributed by atoms with Crippen molar-refractivity contribution in [2.24, 2.45) is 0 Å². The average Bonchev–Trinajstić information content (AvgIpc) is 3.24. The summed E-state index contributed by atoms with van der Waals surface area (Å²) in [4.78, 5) is 16.5. The Balaban J connectivity index is 1.62. The summed E-state index contributed by atoms with van der Waals surface area (Å²) in [7, 11) is 0. The highest BCUT2D eigenvalue weighted by Crippen LogP contribution is 2.21. The van der Waals surface area contributed by atoms with Crippen molar-refractivity contribution in [1.82, 2.24) is 20.6 Å². The molecule has 3 rings (SSSR count). The zero-order valence-corrected chi connectivity index (χ0v) is 12.7. The molecule has 23 heavy (non-hydrogen) atoms. The summed E-state index contributed by atoms with van der Waals surface area (Å²) in [6, 6.07) is 9.42. The smallest absolute Gasteiger partial charge is 0.256 e. The van der Waals surface area contributed by atoms with E-state index in [4.69, 9.17) is 9.05 Å². The van der Waals surface area contributed by atoms with E-state index in [1.807, 2.05) is 37.3 Å². The maximum atomic E-state index is 12.3. The predicted octanol–water partition coefficient (Wildman–Crippen LogP) is 2.26. The van der Waals surface area contributed by atoms with Crippen molar-refractivity contribution in [1.29, 1.82) is 0 Å².